The van der Waals surface area contributed by atoms with Crippen LogP contribution in [0.2, 0.25) is 0 Å². The lowest BCUT2D eigenvalue weighted by molar-refractivity contribution is 0.508. The third-order valence-corrected chi connectivity index (χ3v) is 4.65. The SMILES string of the molecule is Cc1ccc(C(C)(C)Cc2nnc(C(C)C)c(C)c2C)cc1. The zero-order chi connectivity index (χ0) is 16.5. The maximum Gasteiger partial charge on any atom is 0.0688 e. The van der Waals surface area contributed by atoms with Gasteiger partial charge in [0.25, 0.3) is 0 Å². The summed E-state index contributed by atoms with van der Waals surface area (Å²) < 4.78 is 0. The highest BCUT2D eigenvalue weighted by Crippen LogP contribution is 2.30. The Morgan fingerprint density at radius 2 is 1.50 bits per heavy atom. The van der Waals surface area contributed by atoms with Crippen LogP contribution in [-0.2, 0) is 11.8 Å². The molecule has 0 spiro atoms. The van der Waals surface area contributed by atoms with Crippen LogP contribution in [-0.4, -0.2) is 10.2 Å². The molecular formula is C20H28N2. The Hall–Kier alpha value is -1.70. The monoisotopic (exact) mass is 296 g/mol. The second-order valence-corrected chi connectivity index (χ2v) is 7.36. The number of rotatable bonds is 4. The molecule has 2 aromatic rings. The van der Waals surface area contributed by atoms with Crippen LogP contribution in [0.5, 0.6) is 0 Å². The fourth-order valence-electron chi connectivity index (χ4n) is 2.91. The van der Waals surface area contributed by atoms with Crippen LogP contribution in [0.25, 0.3) is 0 Å². The van der Waals surface area contributed by atoms with Gasteiger partial charge in [-0.3, -0.25) is 0 Å². The third-order valence-electron chi connectivity index (χ3n) is 4.65. The Bertz CT molecular complexity index is 652. The predicted octanol–water partition coefficient (Wildman–Crippen LogP) is 5.05. The molecule has 0 saturated carbocycles. The molecule has 0 unspecified atom stereocenters. The molecule has 2 heteroatoms. The van der Waals surface area contributed by atoms with E-state index in [-0.39, 0.29) is 5.41 Å². The van der Waals surface area contributed by atoms with E-state index in [0.717, 1.165) is 17.8 Å². The summed E-state index contributed by atoms with van der Waals surface area (Å²) in [5.41, 5.74) is 7.52. The molecule has 118 valence electrons. The molecule has 22 heavy (non-hydrogen) atoms. The Morgan fingerprint density at radius 3 is 2.05 bits per heavy atom. The first kappa shape index (κ1) is 16.7. The van der Waals surface area contributed by atoms with Crippen LogP contribution in [0.3, 0.4) is 0 Å². The highest BCUT2D eigenvalue weighted by molar-refractivity contribution is 5.35. The summed E-state index contributed by atoms with van der Waals surface area (Å²) >= 11 is 0. The van der Waals surface area contributed by atoms with E-state index in [0.29, 0.717) is 5.92 Å². The topological polar surface area (TPSA) is 25.8 Å². The van der Waals surface area contributed by atoms with Gasteiger partial charge in [0.15, 0.2) is 0 Å². The van der Waals surface area contributed by atoms with Gasteiger partial charge < -0.3 is 0 Å². The molecule has 0 aliphatic heterocycles. The van der Waals surface area contributed by atoms with Gasteiger partial charge in [-0.1, -0.05) is 57.5 Å². The van der Waals surface area contributed by atoms with Crippen molar-refractivity contribution in [3.05, 3.63) is 57.9 Å². The highest BCUT2D eigenvalue weighted by atomic mass is 15.1. The van der Waals surface area contributed by atoms with Crippen molar-refractivity contribution >= 4 is 0 Å². The second kappa shape index (κ2) is 6.20. The van der Waals surface area contributed by atoms with Gasteiger partial charge >= 0.3 is 0 Å². The summed E-state index contributed by atoms with van der Waals surface area (Å²) in [5.74, 6) is 0.422. The molecule has 0 radical (unpaired) electrons. The largest absolute Gasteiger partial charge is 0.155 e. The molecular weight excluding hydrogens is 268 g/mol. The number of aryl methyl sites for hydroxylation is 1. The summed E-state index contributed by atoms with van der Waals surface area (Å²) in [6.45, 7) is 15.4. The standard InChI is InChI=1S/C20H28N2/c1-13(2)19-16(5)15(4)18(21-22-19)12-20(6,7)17-10-8-14(3)9-11-17/h8-11,13H,12H2,1-7H3. The molecule has 0 N–H and O–H groups in total. The first-order chi connectivity index (χ1) is 10.2. The second-order valence-electron chi connectivity index (χ2n) is 7.36. The molecule has 1 aromatic carbocycles. The third kappa shape index (κ3) is 3.37. The molecule has 0 bridgehead atoms. The van der Waals surface area contributed by atoms with E-state index in [4.69, 9.17) is 0 Å². The Balaban J connectivity index is 2.33. The van der Waals surface area contributed by atoms with Crippen LogP contribution >= 0.6 is 0 Å². The zero-order valence-electron chi connectivity index (χ0n) is 15.0. The van der Waals surface area contributed by atoms with Crippen LogP contribution in [0.4, 0.5) is 0 Å². The lowest BCUT2D eigenvalue weighted by Crippen LogP contribution is -2.23. The van der Waals surface area contributed by atoms with Crippen molar-refractivity contribution in [2.45, 2.75) is 66.2 Å². The van der Waals surface area contributed by atoms with Gasteiger partial charge in [-0.25, -0.2) is 0 Å². The van der Waals surface area contributed by atoms with Gasteiger partial charge in [-0.15, -0.1) is 0 Å². The molecule has 0 aliphatic rings. The molecule has 0 aliphatic carbocycles. The maximum atomic E-state index is 4.54. The van der Waals surface area contributed by atoms with Crippen molar-refractivity contribution < 1.29 is 0 Å². The molecule has 0 saturated heterocycles. The van der Waals surface area contributed by atoms with Crippen molar-refractivity contribution in [3.8, 4) is 0 Å². The van der Waals surface area contributed by atoms with Crippen LogP contribution in [0, 0.1) is 20.8 Å². The van der Waals surface area contributed by atoms with Crippen molar-refractivity contribution in [2.75, 3.05) is 0 Å². The number of hydrogen-bond donors (Lipinski definition) is 0. The van der Waals surface area contributed by atoms with E-state index in [1.54, 1.807) is 0 Å². The average molecular weight is 296 g/mol. The van der Waals surface area contributed by atoms with Gasteiger partial charge in [0, 0.05) is 6.42 Å². The summed E-state index contributed by atoms with van der Waals surface area (Å²) in [7, 11) is 0. The van der Waals surface area contributed by atoms with Gasteiger partial charge in [0.1, 0.15) is 0 Å². The van der Waals surface area contributed by atoms with E-state index in [1.807, 2.05) is 0 Å². The smallest absolute Gasteiger partial charge is 0.0688 e. The normalized spacial score (nSPS) is 12.0. The summed E-state index contributed by atoms with van der Waals surface area (Å²) in [5, 5.41) is 9.02. The summed E-state index contributed by atoms with van der Waals surface area (Å²) in [6.07, 6.45) is 0.911. The minimum absolute atomic E-state index is 0.0545. The Labute approximate surface area is 135 Å². The highest BCUT2D eigenvalue weighted by Gasteiger charge is 2.24. The van der Waals surface area contributed by atoms with Crippen molar-refractivity contribution in [1.29, 1.82) is 0 Å². The molecule has 1 heterocycles. The molecule has 0 amide bonds. The number of benzene rings is 1. The quantitative estimate of drug-likeness (QED) is 0.789. The van der Waals surface area contributed by atoms with Crippen LogP contribution in [0.1, 0.15) is 67.3 Å². The van der Waals surface area contributed by atoms with Gasteiger partial charge in [0.2, 0.25) is 0 Å². The first-order valence-corrected chi connectivity index (χ1v) is 8.12. The molecule has 0 fully saturated rings. The Morgan fingerprint density at radius 1 is 0.909 bits per heavy atom. The van der Waals surface area contributed by atoms with Gasteiger partial charge in [-0.05, 0) is 48.8 Å². The summed E-state index contributed by atoms with van der Waals surface area (Å²) in [4.78, 5) is 0. The van der Waals surface area contributed by atoms with Crippen LogP contribution < -0.4 is 0 Å². The molecule has 0 atom stereocenters. The number of nitrogens with zero attached hydrogens (tertiary/aromatic N) is 2. The average Bonchev–Trinajstić information content (AvgIpc) is 2.44. The van der Waals surface area contributed by atoms with Crippen LogP contribution in [0.15, 0.2) is 24.3 Å². The molecule has 2 nitrogen and oxygen atoms in total. The van der Waals surface area contributed by atoms with Crippen molar-refractivity contribution in [1.82, 2.24) is 10.2 Å². The lowest BCUT2D eigenvalue weighted by Gasteiger charge is -2.26. The van der Waals surface area contributed by atoms with Crippen molar-refractivity contribution in [2.24, 2.45) is 0 Å². The Kier molecular flexibility index (Phi) is 4.69. The van der Waals surface area contributed by atoms with E-state index in [1.165, 1.54) is 22.3 Å². The first-order valence-electron chi connectivity index (χ1n) is 8.12. The predicted molar refractivity (Wildman–Crippen MR) is 93.5 cm³/mol. The summed E-state index contributed by atoms with van der Waals surface area (Å²) in [6, 6.07) is 8.83. The van der Waals surface area contributed by atoms with E-state index in [9.17, 15) is 0 Å². The fraction of sp³-hybridized carbons (Fsp3) is 0.500. The van der Waals surface area contributed by atoms with Gasteiger partial charge in [-0.2, -0.15) is 10.2 Å². The van der Waals surface area contributed by atoms with Crippen molar-refractivity contribution in [3.63, 3.8) is 0 Å². The number of hydrogen-bond acceptors (Lipinski definition) is 2. The minimum Gasteiger partial charge on any atom is -0.155 e. The molecule has 1 aromatic heterocycles. The van der Waals surface area contributed by atoms with E-state index < -0.39 is 0 Å². The zero-order valence-corrected chi connectivity index (χ0v) is 15.0. The minimum atomic E-state index is 0.0545. The van der Waals surface area contributed by atoms with E-state index in [2.05, 4.69) is 82.9 Å². The van der Waals surface area contributed by atoms with Gasteiger partial charge in [0.05, 0.1) is 11.4 Å². The fourth-order valence-corrected chi connectivity index (χ4v) is 2.91. The maximum absolute atomic E-state index is 4.54. The number of aromatic nitrogens is 2. The molecule has 2 rings (SSSR count). The lowest BCUT2D eigenvalue weighted by atomic mass is 9.79. The van der Waals surface area contributed by atoms with E-state index >= 15 is 0 Å².